The van der Waals surface area contributed by atoms with Gasteiger partial charge in [-0.15, -0.1) is 0 Å². The number of carboxylic acids is 1. The summed E-state index contributed by atoms with van der Waals surface area (Å²) < 4.78 is 0. The number of aliphatic carboxylic acids is 1. The van der Waals surface area contributed by atoms with E-state index in [1.165, 1.54) is 18.9 Å². The van der Waals surface area contributed by atoms with Crippen molar-refractivity contribution < 1.29 is 14.7 Å². The number of anilines is 1. The average molecular weight is 252 g/mol. The third-order valence-corrected chi connectivity index (χ3v) is 2.60. The molecule has 0 spiro atoms. The van der Waals surface area contributed by atoms with Gasteiger partial charge in [-0.3, -0.25) is 4.79 Å². The molecule has 1 aromatic rings. The molecule has 98 valence electrons. The van der Waals surface area contributed by atoms with Crippen LogP contribution in [0.25, 0.3) is 0 Å². The number of nitrogens with zero attached hydrogens (tertiary/aromatic N) is 4. The fraction of sp³-hybridized carbons (Fsp3) is 0.455. The first kappa shape index (κ1) is 13.9. The minimum absolute atomic E-state index is 0.0259. The second kappa shape index (κ2) is 5.95. The number of carboxylic acid groups (broad SMARTS) is 1. The smallest absolute Gasteiger partial charge is 0.326 e. The van der Waals surface area contributed by atoms with E-state index < -0.39 is 12.0 Å². The predicted octanol–water partition coefficient (Wildman–Crippen LogP) is -0.156. The topological polar surface area (TPSA) is 86.6 Å². The van der Waals surface area contributed by atoms with Gasteiger partial charge < -0.3 is 14.9 Å². The maximum absolute atomic E-state index is 11.8. The van der Waals surface area contributed by atoms with Gasteiger partial charge in [0.15, 0.2) is 0 Å². The highest BCUT2D eigenvalue weighted by Gasteiger charge is 2.22. The number of hydrogen-bond acceptors (Lipinski definition) is 5. The first-order valence-corrected chi connectivity index (χ1v) is 5.40. The number of carbonyl (C=O) groups excluding carboxylic acids is 1. The summed E-state index contributed by atoms with van der Waals surface area (Å²) >= 11 is 0. The summed E-state index contributed by atoms with van der Waals surface area (Å²) in [4.78, 5) is 33.3. The molecular weight excluding hydrogens is 236 g/mol. The lowest BCUT2D eigenvalue weighted by molar-refractivity contribution is -0.147. The molecule has 18 heavy (non-hydrogen) atoms. The molecule has 1 N–H and O–H groups in total. The Bertz CT molecular complexity index is 424. The van der Waals surface area contributed by atoms with Gasteiger partial charge in [0.25, 0.3) is 0 Å². The quantitative estimate of drug-likeness (QED) is 0.784. The largest absolute Gasteiger partial charge is 0.480 e. The summed E-state index contributed by atoms with van der Waals surface area (Å²) in [6.45, 7) is 1.48. The van der Waals surface area contributed by atoms with E-state index in [0.29, 0.717) is 5.95 Å². The van der Waals surface area contributed by atoms with Crippen molar-refractivity contribution in [2.45, 2.75) is 13.0 Å². The molecule has 0 bridgehead atoms. The van der Waals surface area contributed by atoms with Gasteiger partial charge in [0.1, 0.15) is 6.04 Å². The van der Waals surface area contributed by atoms with Crippen molar-refractivity contribution in [2.24, 2.45) is 0 Å². The van der Waals surface area contributed by atoms with Gasteiger partial charge in [-0.2, -0.15) is 0 Å². The zero-order chi connectivity index (χ0) is 13.7. The molecule has 0 aliphatic heterocycles. The molecule has 0 radical (unpaired) electrons. The lowest BCUT2D eigenvalue weighted by Gasteiger charge is -2.24. The van der Waals surface area contributed by atoms with Gasteiger partial charge in [-0.05, 0) is 13.0 Å². The molecule has 1 atom stereocenters. The first-order valence-electron chi connectivity index (χ1n) is 5.40. The first-order chi connectivity index (χ1) is 8.43. The summed E-state index contributed by atoms with van der Waals surface area (Å²) in [5.41, 5.74) is 0. The van der Waals surface area contributed by atoms with Gasteiger partial charge in [-0.1, -0.05) is 0 Å². The Morgan fingerprint density at radius 1 is 1.33 bits per heavy atom. The minimum atomic E-state index is -1.04. The zero-order valence-electron chi connectivity index (χ0n) is 10.6. The predicted molar refractivity (Wildman–Crippen MR) is 65.2 cm³/mol. The molecule has 1 amide bonds. The fourth-order valence-electron chi connectivity index (χ4n) is 1.26. The van der Waals surface area contributed by atoms with Gasteiger partial charge >= 0.3 is 5.97 Å². The van der Waals surface area contributed by atoms with Crippen LogP contribution in [-0.4, -0.2) is 58.5 Å². The summed E-state index contributed by atoms with van der Waals surface area (Å²) in [6.07, 6.45) is 3.15. The van der Waals surface area contributed by atoms with Crippen molar-refractivity contribution >= 4 is 17.8 Å². The summed E-state index contributed by atoms with van der Waals surface area (Å²) in [7, 11) is 3.13. The molecule has 1 rings (SSSR count). The summed E-state index contributed by atoms with van der Waals surface area (Å²) in [5, 5.41) is 8.82. The Morgan fingerprint density at radius 3 is 2.39 bits per heavy atom. The van der Waals surface area contributed by atoms with E-state index in [2.05, 4.69) is 9.97 Å². The van der Waals surface area contributed by atoms with Crippen LogP contribution in [0.4, 0.5) is 5.95 Å². The van der Waals surface area contributed by atoms with Crippen LogP contribution >= 0.6 is 0 Å². The highest BCUT2D eigenvalue weighted by Crippen LogP contribution is 2.04. The van der Waals surface area contributed by atoms with Crippen molar-refractivity contribution in [2.75, 3.05) is 25.5 Å². The highest BCUT2D eigenvalue weighted by atomic mass is 16.4. The SMILES string of the molecule is CC(C(=O)O)N(C)C(=O)CN(C)c1ncccn1. The molecule has 1 unspecified atom stereocenters. The highest BCUT2D eigenvalue weighted by molar-refractivity contribution is 5.85. The van der Waals surface area contributed by atoms with Crippen LogP contribution in [0.5, 0.6) is 0 Å². The van der Waals surface area contributed by atoms with Crippen LogP contribution < -0.4 is 4.90 Å². The Hall–Kier alpha value is -2.18. The lowest BCUT2D eigenvalue weighted by atomic mass is 10.3. The van der Waals surface area contributed by atoms with Crippen molar-refractivity contribution in [3.05, 3.63) is 18.5 Å². The van der Waals surface area contributed by atoms with Crippen LogP contribution in [0.15, 0.2) is 18.5 Å². The van der Waals surface area contributed by atoms with Crippen LogP contribution in [-0.2, 0) is 9.59 Å². The second-order valence-corrected chi connectivity index (χ2v) is 3.92. The number of hydrogen-bond donors (Lipinski definition) is 1. The summed E-state index contributed by atoms with van der Waals surface area (Å²) in [6, 6.07) is 0.820. The van der Waals surface area contributed by atoms with Crippen LogP contribution in [0.2, 0.25) is 0 Å². The fourth-order valence-corrected chi connectivity index (χ4v) is 1.26. The van der Waals surface area contributed by atoms with E-state index in [1.54, 1.807) is 30.4 Å². The van der Waals surface area contributed by atoms with E-state index >= 15 is 0 Å². The molecule has 7 heteroatoms. The molecule has 7 nitrogen and oxygen atoms in total. The third kappa shape index (κ3) is 3.41. The summed E-state index contributed by atoms with van der Waals surface area (Å²) in [5.74, 6) is -0.924. The molecule has 0 saturated heterocycles. The van der Waals surface area contributed by atoms with Crippen molar-refractivity contribution in [1.29, 1.82) is 0 Å². The molecule has 0 aliphatic carbocycles. The van der Waals surface area contributed by atoms with E-state index in [9.17, 15) is 9.59 Å². The van der Waals surface area contributed by atoms with Crippen molar-refractivity contribution in [3.8, 4) is 0 Å². The van der Waals surface area contributed by atoms with E-state index in [1.807, 2.05) is 0 Å². The zero-order valence-corrected chi connectivity index (χ0v) is 10.6. The van der Waals surface area contributed by atoms with Crippen molar-refractivity contribution in [3.63, 3.8) is 0 Å². The van der Waals surface area contributed by atoms with Gasteiger partial charge in [0.2, 0.25) is 11.9 Å². The van der Waals surface area contributed by atoms with Gasteiger partial charge in [-0.25, -0.2) is 14.8 Å². The van der Waals surface area contributed by atoms with E-state index in [4.69, 9.17) is 5.11 Å². The Balaban J connectivity index is 2.62. The van der Waals surface area contributed by atoms with Crippen LogP contribution in [0, 0.1) is 0 Å². The number of likely N-dealkylation sites (N-methyl/N-ethyl adjacent to an activating group) is 2. The lowest BCUT2D eigenvalue weighted by Crippen LogP contribution is -2.44. The monoisotopic (exact) mass is 252 g/mol. The Kier molecular flexibility index (Phi) is 4.59. The maximum Gasteiger partial charge on any atom is 0.326 e. The third-order valence-electron chi connectivity index (χ3n) is 2.60. The molecular formula is C11H16N4O3. The molecule has 0 aromatic carbocycles. The van der Waals surface area contributed by atoms with Crippen LogP contribution in [0.3, 0.4) is 0 Å². The van der Waals surface area contributed by atoms with Gasteiger partial charge in [0, 0.05) is 26.5 Å². The maximum atomic E-state index is 11.8. The number of aromatic nitrogens is 2. The molecule has 1 aromatic heterocycles. The molecule has 0 fully saturated rings. The normalized spacial score (nSPS) is 11.7. The van der Waals surface area contributed by atoms with E-state index in [-0.39, 0.29) is 12.5 Å². The van der Waals surface area contributed by atoms with Gasteiger partial charge in [0.05, 0.1) is 6.54 Å². The number of amides is 1. The Morgan fingerprint density at radius 2 is 1.89 bits per heavy atom. The molecule has 1 heterocycles. The number of carbonyl (C=O) groups is 2. The Labute approximate surface area is 105 Å². The van der Waals surface area contributed by atoms with Crippen molar-refractivity contribution in [1.82, 2.24) is 14.9 Å². The second-order valence-electron chi connectivity index (χ2n) is 3.92. The standard InChI is InChI=1S/C11H16N4O3/c1-8(10(17)18)15(3)9(16)7-14(2)11-12-5-4-6-13-11/h4-6,8H,7H2,1-3H3,(H,17,18). The number of rotatable bonds is 5. The van der Waals surface area contributed by atoms with E-state index in [0.717, 1.165) is 0 Å². The average Bonchev–Trinajstić information content (AvgIpc) is 2.37. The van der Waals surface area contributed by atoms with Crippen LogP contribution in [0.1, 0.15) is 6.92 Å². The minimum Gasteiger partial charge on any atom is -0.480 e. The molecule has 0 aliphatic rings. The molecule has 0 saturated carbocycles.